The number of hydrogen-bond donors (Lipinski definition) is 0. The van der Waals surface area contributed by atoms with Crippen molar-refractivity contribution < 1.29 is 19.5 Å². The van der Waals surface area contributed by atoms with Crippen molar-refractivity contribution in [2.45, 2.75) is 40.5 Å². The Balaban J connectivity index is 0. The molecule has 0 bridgehead atoms. The Morgan fingerprint density at radius 1 is 1.47 bits per heavy atom. The average Bonchev–Trinajstić information content (AvgIpc) is 2.53. The number of hydrogen-bond acceptors (Lipinski definition) is 0. The van der Waals surface area contributed by atoms with Gasteiger partial charge in [0.25, 0.3) is 0 Å². The quantitative estimate of drug-likeness (QED) is 0.401. The smallest absolute Gasteiger partial charge is 0.290 e. The largest absolute Gasteiger partial charge is 2.00 e. The van der Waals surface area contributed by atoms with E-state index in [1.807, 2.05) is 26.8 Å². The van der Waals surface area contributed by atoms with Gasteiger partial charge in [-0.05, 0) is 0 Å². The maximum atomic E-state index is 5.33. The first kappa shape index (κ1) is 17.0. The van der Waals surface area contributed by atoms with Crippen LogP contribution in [0.2, 0.25) is 0 Å². The van der Waals surface area contributed by atoms with Crippen LogP contribution in [-0.2, 0) is 19.5 Å². The first-order valence-electron chi connectivity index (χ1n) is 5.06. The summed E-state index contributed by atoms with van der Waals surface area (Å²) in [5.74, 6) is 0. The van der Waals surface area contributed by atoms with E-state index in [-0.39, 0.29) is 19.5 Å². The van der Waals surface area contributed by atoms with Crippen LogP contribution in [0, 0.1) is 12.7 Å². The van der Waals surface area contributed by atoms with Crippen molar-refractivity contribution in [3.8, 4) is 0 Å². The van der Waals surface area contributed by atoms with Crippen molar-refractivity contribution in [3.63, 3.8) is 0 Å². The molecule has 0 nitrogen and oxygen atoms in total. The first-order chi connectivity index (χ1) is 6.56. The number of allylic oxidation sites excluding steroid dienone is 7. The Labute approximate surface area is 108 Å². The van der Waals surface area contributed by atoms with Gasteiger partial charge in [0.15, 0.2) is 0 Å². The summed E-state index contributed by atoms with van der Waals surface area (Å²) in [7, 11) is 0. The second-order valence-electron chi connectivity index (χ2n) is 3.63. The Hall–Kier alpha value is -0.417. The standard InChI is InChI=1S/C7H9.C7H11.Ru/c1-2-7-5-3-4-6-7;1-6(2)5-7(3)4;/h3,5H,2,4H2,1H3;1,5H,2-4H3;/q2*-1;+2. The van der Waals surface area contributed by atoms with Crippen LogP contribution < -0.4 is 0 Å². The summed E-state index contributed by atoms with van der Waals surface area (Å²) >= 11 is 0. The monoisotopic (exact) mass is 290 g/mol. The molecule has 0 spiro atoms. The Morgan fingerprint density at radius 3 is 2.20 bits per heavy atom. The third-order valence-corrected chi connectivity index (χ3v) is 1.66. The van der Waals surface area contributed by atoms with Crippen LogP contribution in [0.1, 0.15) is 40.5 Å². The van der Waals surface area contributed by atoms with Gasteiger partial charge in [0.1, 0.15) is 0 Å². The summed E-state index contributed by atoms with van der Waals surface area (Å²) in [5.41, 5.74) is 3.49. The molecule has 0 heterocycles. The molecule has 1 rings (SSSR count). The summed E-state index contributed by atoms with van der Waals surface area (Å²) in [4.78, 5) is 0. The molecule has 0 fully saturated rings. The molecular weight excluding hydrogens is 269 g/mol. The third-order valence-electron chi connectivity index (χ3n) is 1.66. The van der Waals surface area contributed by atoms with E-state index < -0.39 is 0 Å². The van der Waals surface area contributed by atoms with Gasteiger partial charge in [-0.3, -0.25) is 12.7 Å². The van der Waals surface area contributed by atoms with Gasteiger partial charge in [-0.1, -0.05) is 34.1 Å². The summed E-state index contributed by atoms with van der Waals surface area (Å²) in [5, 5.41) is 0. The fourth-order valence-electron chi connectivity index (χ4n) is 1.15. The molecule has 15 heavy (non-hydrogen) atoms. The van der Waals surface area contributed by atoms with Gasteiger partial charge >= 0.3 is 19.5 Å². The van der Waals surface area contributed by atoms with Gasteiger partial charge in [0.2, 0.25) is 0 Å². The Kier molecular flexibility index (Phi) is 11.5. The van der Waals surface area contributed by atoms with Crippen LogP contribution in [0.4, 0.5) is 0 Å². The van der Waals surface area contributed by atoms with Gasteiger partial charge in [-0.25, -0.2) is 23.3 Å². The van der Waals surface area contributed by atoms with Crippen LogP contribution in [0.3, 0.4) is 0 Å². The van der Waals surface area contributed by atoms with E-state index in [0.29, 0.717) is 0 Å². The predicted octanol–water partition coefficient (Wildman–Crippen LogP) is 4.42. The summed E-state index contributed by atoms with van der Waals surface area (Å²) in [6, 6.07) is 0. The molecule has 0 aromatic carbocycles. The predicted molar refractivity (Wildman–Crippen MR) is 63.7 cm³/mol. The van der Waals surface area contributed by atoms with E-state index in [2.05, 4.69) is 25.2 Å². The molecule has 1 heteroatoms. The van der Waals surface area contributed by atoms with Crippen molar-refractivity contribution in [3.05, 3.63) is 47.6 Å². The van der Waals surface area contributed by atoms with E-state index >= 15 is 0 Å². The van der Waals surface area contributed by atoms with Crippen molar-refractivity contribution in [1.29, 1.82) is 0 Å². The molecule has 1 aliphatic rings. The van der Waals surface area contributed by atoms with Gasteiger partial charge in [0.05, 0.1) is 0 Å². The fraction of sp³-hybridized carbons (Fsp3) is 0.429. The minimum atomic E-state index is 0. The van der Waals surface area contributed by atoms with E-state index in [4.69, 9.17) is 6.58 Å². The van der Waals surface area contributed by atoms with E-state index in [1.54, 1.807) is 0 Å². The van der Waals surface area contributed by atoms with Crippen LogP contribution >= 0.6 is 0 Å². The summed E-state index contributed by atoms with van der Waals surface area (Å²) in [6.45, 7) is 13.4. The zero-order chi connectivity index (χ0) is 11.0. The summed E-state index contributed by atoms with van der Waals surface area (Å²) in [6.07, 6.45) is 11.6. The van der Waals surface area contributed by atoms with E-state index in [9.17, 15) is 0 Å². The minimum Gasteiger partial charge on any atom is -0.290 e. The topological polar surface area (TPSA) is 0 Å². The molecular formula is C14H20Ru. The molecule has 0 saturated carbocycles. The Morgan fingerprint density at radius 2 is 2.07 bits per heavy atom. The normalized spacial score (nSPS) is 11.9. The van der Waals surface area contributed by atoms with Crippen molar-refractivity contribution in [2.75, 3.05) is 0 Å². The fourth-order valence-corrected chi connectivity index (χ4v) is 1.15. The van der Waals surface area contributed by atoms with Crippen LogP contribution in [-0.4, -0.2) is 0 Å². The maximum absolute atomic E-state index is 5.33. The van der Waals surface area contributed by atoms with Gasteiger partial charge in [0, 0.05) is 0 Å². The van der Waals surface area contributed by atoms with Crippen LogP contribution in [0.15, 0.2) is 34.9 Å². The summed E-state index contributed by atoms with van der Waals surface area (Å²) < 4.78 is 0. The van der Waals surface area contributed by atoms with E-state index in [0.717, 1.165) is 18.4 Å². The first-order valence-corrected chi connectivity index (χ1v) is 5.06. The van der Waals surface area contributed by atoms with Crippen molar-refractivity contribution in [1.82, 2.24) is 0 Å². The zero-order valence-electron chi connectivity index (χ0n) is 10.1. The molecule has 0 unspecified atom stereocenters. The average molecular weight is 289 g/mol. The van der Waals surface area contributed by atoms with Gasteiger partial charge in [-0.2, -0.15) is 11.6 Å². The minimum absolute atomic E-state index is 0. The molecule has 0 N–H and O–H groups in total. The molecule has 1 aliphatic carbocycles. The zero-order valence-corrected chi connectivity index (χ0v) is 11.8. The molecule has 0 amide bonds. The second kappa shape index (κ2) is 10.1. The molecule has 84 valence electrons. The molecule has 0 aliphatic heterocycles. The van der Waals surface area contributed by atoms with Crippen molar-refractivity contribution in [2.24, 2.45) is 0 Å². The van der Waals surface area contributed by atoms with Gasteiger partial charge in [-0.15, -0.1) is 6.42 Å². The molecule has 0 aromatic rings. The van der Waals surface area contributed by atoms with Crippen LogP contribution in [0.5, 0.6) is 0 Å². The molecule has 0 aromatic heterocycles. The van der Waals surface area contributed by atoms with Gasteiger partial charge < -0.3 is 0 Å². The maximum Gasteiger partial charge on any atom is 2.00 e. The van der Waals surface area contributed by atoms with Crippen molar-refractivity contribution >= 4 is 0 Å². The van der Waals surface area contributed by atoms with E-state index in [1.165, 1.54) is 11.1 Å². The third kappa shape index (κ3) is 11.5. The molecule has 0 atom stereocenters. The number of rotatable bonds is 2. The molecule has 0 saturated heterocycles. The SMILES string of the molecule is CCC1=[C-]CC=C1.[CH-]=C(C)C=C(C)C.[Ru+2]. The molecule has 0 radical (unpaired) electrons. The second-order valence-corrected chi connectivity index (χ2v) is 3.63. The Bertz CT molecular complexity index is 263. The van der Waals surface area contributed by atoms with Crippen LogP contribution in [0.25, 0.3) is 0 Å².